The highest BCUT2D eigenvalue weighted by Gasteiger charge is 2.32. The maximum absolute atomic E-state index is 13.7. The van der Waals surface area contributed by atoms with E-state index in [9.17, 15) is 17.6 Å². The molecule has 2 aromatic carbocycles. The largest absolute Gasteiger partial charge is 0.490 e. The minimum absolute atomic E-state index is 0.0770. The number of halogens is 1. The van der Waals surface area contributed by atoms with Crippen LogP contribution < -0.4 is 14.8 Å². The maximum atomic E-state index is 13.7. The molecule has 1 heterocycles. The molecular weight excluding hydrogens is 359 g/mol. The van der Waals surface area contributed by atoms with Gasteiger partial charge in [0.2, 0.25) is 15.9 Å². The number of hydrogen-bond acceptors (Lipinski definition) is 4. The number of fused-ring (bicyclic) bond motifs is 1. The first-order chi connectivity index (χ1) is 12.2. The molecule has 0 aromatic heterocycles. The lowest BCUT2D eigenvalue weighted by Crippen LogP contribution is -2.33. The van der Waals surface area contributed by atoms with Gasteiger partial charge in [-0.15, -0.1) is 0 Å². The van der Waals surface area contributed by atoms with Gasteiger partial charge in [0, 0.05) is 5.56 Å². The lowest BCUT2D eigenvalue weighted by atomic mass is 9.94. The average molecular weight is 378 g/mol. The third-order valence-corrected chi connectivity index (χ3v) is 5.25. The number of sulfonamides is 1. The second kappa shape index (κ2) is 6.60. The monoisotopic (exact) mass is 378 g/mol. The Morgan fingerprint density at radius 2 is 1.96 bits per heavy atom. The van der Waals surface area contributed by atoms with Gasteiger partial charge in [-0.1, -0.05) is 18.2 Å². The molecular formula is C18H19FN2O4S. The van der Waals surface area contributed by atoms with E-state index in [2.05, 4.69) is 10.0 Å². The summed E-state index contributed by atoms with van der Waals surface area (Å²) in [6.45, 7) is 3.72. The molecule has 138 valence electrons. The van der Waals surface area contributed by atoms with Crippen LogP contribution in [0.1, 0.15) is 19.4 Å². The van der Waals surface area contributed by atoms with Crippen LogP contribution in [0.5, 0.6) is 5.75 Å². The molecule has 8 heteroatoms. The van der Waals surface area contributed by atoms with Crippen molar-refractivity contribution in [1.29, 1.82) is 0 Å². The van der Waals surface area contributed by atoms with Crippen LogP contribution in [0.3, 0.4) is 0 Å². The summed E-state index contributed by atoms with van der Waals surface area (Å²) in [7, 11) is -3.83. The van der Waals surface area contributed by atoms with Gasteiger partial charge in [-0.3, -0.25) is 9.52 Å². The Balaban J connectivity index is 1.81. The fourth-order valence-electron chi connectivity index (χ4n) is 2.47. The molecule has 2 aromatic rings. The lowest BCUT2D eigenvalue weighted by Gasteiger charge is -2.18. The van der Waals surface area contributed by atoms with Gasteiger partial charge in [-0.05, 0) is 38.1 Å². The summed E-state index contributed by atoms with van der Waals surface area (Å²) in [6, 6.07) is 10.3. The third-order valence-electron chi connectivity index (χ3n) is 4.01. The highest BCUT2D eigenvalue weighted by molar-refractivity contribution is 7.91. The summed E-state index contributed by atoms with van der Waals surface area (Å²) in [4.78, 5) is 12.2. The van der Waals surface area contributed by atoms with E-state index in [1.54, 1.807) is 26.0 Å². The molecule has 0 saturated carbocycles. The number of nitrogens with one attached hydrogen (secondary N) is 2. The molecule has 1 aliphatic rings. The lowest BCUT2D eigenvalue weighted by molar-refractivity contribution is -0.124. The maximum Gasteiger partial charge on any atom is 0.237 e. The van der Waals surface area contributed by atoms with E-state index in [0.29, 0.717) is 11.4 Å². The van der Waals surface area contributed by atoms with E-state index < -0.39 is 27.0 Å². The summed E-state index contributed by atoms with van der Waals surface area (Å²) in [6.07, 6.45) is 0. The van der Waals surface area contributed by atoms with Crippen LogP contribution in [0.4, 0.5) is 15.8 Å². The number of anilines is 2. The van der Waals surface area contributed by atoms with Crippen molar-refractivity contribution in [3.05, 3.63) is 53.8 Å². The molecule has 3 rings (SSSR count). The first-order valence-corrected chi connectivity index (χ1v) is 9.64. The van der Waals surface area contributed by atoms with E-state index in [4.69, 9.17) is 4.74 Å². The topological polar surface area (TPSA) is 84.5 Å². The quantitative estimate of drug-likeness (QED) is 0.856. The molecule has 0 spiro atoms. The standard InChI is InChI=1S/C18H19FN2O4S/c1-18(2)11-25-16-8-7-13(9-15(16)20-17(18)22)21-26(23,24)10-12-5-3-4-6-14(12)19/h3-9,21H,10-11H2,1-2H3,(H,20,22). The Morgan fingerprint density at radius 1 is 1.23 bits per heavy atom. The number of benzene rings is 2. The number of carbonyl (C=O) groups is 1. The van der Waals surface area contributed by atoms with Crippen molar-refractivity contribution in [2.45, 2.75) is 19.6 Å². The molecule has 0 saturated heterocycles. The molecule has 26 heavy (non-hydrogen) atoms. The molecule has 0 fully saturated rings. The van der Waals surface area contributed by atoms with E-state index in [1.165, 1.54) is 30.3 Å². The van der Waals surface area contributed by atoms with Gasteiger partial charge in [-0.2, -0.15) is 0 Å². The molecule has 0 unspecified atom stereocenters. The normalized spacial score (nSPS) is 16.0. The highest BCUT2D eigenvalue weighted by atomic mass is 32.2. The van der Waals surface area contributed by atoms with Gasteiger partial charge in [0.15, 0.2) is 0 Å². The molecule has 0 aliphatic carbocycles. The number of ether oxygens (including phenoxy) is 1. The average Bonchev–Trinajstić information content (AvgIpc) is 2.66. The summed E-state index contributed by atoms with van der Waals surface area (Å²) < 4.78 is 46.4. The Bertz CT molecular complexity index is 957. The predicted molar refractivity (Wildman–Crippen MR) is 97.0 cm³/mol. The summed E-state index contributed by atoms with van der Waals surface area (Å²) in [5.41, 5.74) is 0.00674. The zero-order chi connectivity index (χ0) is 18.9. The fourth-order valence-corrected chi connectivity index (χ4v) is 3.67. The SMILES string of the molecule is CC1(C)COc2ccc(NS(=O)(=O)Cc3ccccc3F)cc2NC1=O. The van der Waals surface area contributed by atoms with Crippen LogP contribution in [0.25, 0.3) is 0 Å². The minimum atomic E-state index is -3.83. The molecule has 0 atom stereocenters. The van der Waals surface area contributed by atoms with E-state index in [1.807, 2.05) is 0 Å². The Hall–Kier alpha value is -2.61. The zero-order valence-corrected chi connectivity index (χ0v) is 15.2. The van der Waals surface area contributed by atoms with Gasteiger partial charge in [0.1, 0.15) is 18.2 Å². The van der Waals surface area contributed by atoms with E-state index in [-0.39, 0.29) is 23.8 Å². The zero-order valence-electron chi connectivity index (χ0n) is 14.4. The Morgan fingerprint density at radius 3 is 2.69 bits per heavy atom. The van der Waals surface area contributed by atoms with Crippen LogP contribution in [0, 0.1) is 11.2 Å². The summed E-state index contributed by atoms with van der Waals surface area (Å²) >= 11 is 0. The molecule has 0 radical (unpaired) electrons. The number of amides is 1. The van der Waals surface area contributed by atoms with Crippen molar-refractivity contribution in [1.82, 2.24) is 0 Å². The van der Waals surface area contributed by atoms with Gasteiger partial charge in [0.25, 0.3) is 0 Å². The highest BCUT2D eigenvalue weighted by Crippen LogP contribution is 2.34. The molecule has 0 bridgehead atoms. The second-order valence-corrected chi connectivity index (χ2v) is 8.51. The van der Waals surface area contributed by atoms with Gasteiger partial charge >= 0.3 is 0 Å². The van der Waals surface area contributed by atoms with Gasteiger partial charge in [-0.25, -0.2) is 12.8 Å². The van der Waals surface area contributed by atoms with E-state index in [0.717, 1.165) is 0 Å². The van der Waals surface area contributed by atoms with Crippen molar-refractivity contribution in [3.63, 3.8) is 0 Å². The van der Waals surface area contributed by atoms with Crippen molar-refractivity contribution in [2.75, 3.05) is 16.6 Å². The Labute approximate surface area is 151 Å². The smallest absolute Gasteiger partial charge is 0.237 e. The minimum Gasteiger partial charge on any atom is -0.490 e. The van der Waals surface area contributed by atoms with Gasteiger partial charge < -0.3 is 10.1 Å². The van der Waals surface area contributed by atoms with Gasteiger partial charge in [0.05, 0.1) is 22.5 Å². The summed E-state index contributed by atoms with van der Waals surface area (Å²) in [5.74, 6) is -0.835. The Kier molecular flexibility index (Phi) is 4.62. The number of carbonyl (C=O) groups excluding carboxylic acids is 1. The number of rotatable bonds is 4. The molecule has 1 aliphatic heterocycles. The van der Waals surface area contributed by atoms with Crippen molar-refractivity contribution >= 4 is 27.3 Å². The molecule has 2 N–H and O–H groups in total. The first kappa shape index (κ1) is 18.2. The first-order valence-electron chi connectivity index (χ1n) is 7.98. The summed E-state index contributed by atoms with van der Waals surface area (Å²) in [5, 5.41) is 2.74. The van der Waals surface area contributed by atoms with Crippen LogP contribution in [0.15, 0.2) is 42.5 Å². The van der Waals surface area contributed by atoms with Crippen LogP contribution in [-0.4, -0.2) is 20.9 Å². The van der Waals surface area contributed by atoms with Crippen LogP contribution in [-0.2, 0) is 20.6 Å². The number of hydrogen-bond donors (Lipinski definition) is 2. The van der Waals surface area contributed by atoms with E-state index >= 15 is 0 Å². The van der Waals surface area contributed by atoms with Crippen LogP contribution >= 0.6 is 0 Å². The molecule has 1 amide bonds. The van der Waals surface area contributed by atoms with Crippen molar-refractivity contribution < 1.29 is 22.3 Å². The van der Waals surface area contributed by atoms with Crippen LogP contribution in [0.2, 0.25) is 0 Å². The third kappa shape index (κ3) is 3.96. The second-order valence-electron chi connectivity index (χ2n) is 6.79. The predicted octanol–water partition coefficient (Wildman–Crippen LogP) is 3.12. The van der Waals surface area contributed by atoms with Crippen molar-refractivity contribution in [2.24, 2.45) is 5.41 Å². The molecule has 6 nitrogen and oxygen atoms in total. The van der Waals surface area contributed by atoms with Crippen molar-refractivity contribution in [3.8, 4) is 5.75 Å². The fraction of sp³-hybridized carbons (Fsp3) is 0.278.